The first-order chi connectivity index (χ1) is 15.1. The molecule has 0 unspecified atom stereocenters. The molecule has 0 fully saturated rings. The number of nitriles is 1. The van der Waals surface area contributed by atoms with Crippen LogP contribution in [0, 0.1) is 18.3 Å². The molecule has 8 heteroatoms. The zero-order valence-electron chi connectivity index (χ0n) is 17.4. The molecule has 4 rings (SSSR count). The summed E-state index contributed by atoms with van der Waals surface area (Å²) in [6.45, 7) is 2.95. The SMILES string of the molecule is Cc1c(C(=O)Nc2cccc(OCCCC#N)c2)sc2nc3n(c(=O)c12)CCCCC3. The van der Waals surface area contributed by atoms with Crippen molar-refractivity contribution >= 4 is 33.1 Å². The molecule has 0 atom stereocenters. The smallest absolute Gasteiger partial charge is 0.266 e. The van der Waals surface area contributed by atoms with E-state index in [0.717, 1.165) is 31.5 Å². The topological polar surface area (TPSA) is 97.0 Å². The van der Waals surface area contributed by atoms with E-state index in [4.69, 9.17) is 15.0 Å². The number of hydrogen-bond donors (Lipinski definition) is 1. The van der Waals surface area contributed by atoms with Crippen LogP contribution in [0.4, 0.5) is 5.69 Å². The predicted octanol–water partition coefficient (Wildman–Crippen LogP) is 4.43. The second-order valence-electron chi connectivity index (χ2n) is 7.62. The van der Waals surface area contributed by atoms with Crippen LogP contribution in [-0.2, 0) is 13.0 Å². The highest BCUT2D eigenvalue weighted by molar-refractivity contribution is 7.20. The highest BCUT2D eigenvalue weighted by Gasteiger charge is 2.22. The Balaban J connectivity index is 1.57. The van der Waals surface area contributed by atoms with E-state index in [-0.39, 0.29) is 11.5 Å². The Morgan fingerprint density at radius 2 is 2.23 bits per heavy atom. The number of carbonyl (C=O) groups is 1. The van der Waals surface area contributed by atoms with E-state index in [1.54, 1.807) is 22.8 Å². The van der Waals surface area contributed by atoms with Gasteiger partial charge in [-0.2, -0.15) is 5.26 Å². The Bertz CT molecular complexity index is 1220. The molecule has 1 aliphatic rings. The van der Waals surface area contributed by atoms with Crippen LogP contribution in [-0.4, -0.2) is 22.1 Å². The predicted molar refractivity (Wildman–Crippen MR) is 121 cm³/mol. The highest BCUT2D eigenvalue weighted by Crippen LogP contribution is 2.29. The highest BCUT2D eigenvalue weighted by atomic mass is 32.1. The van der Waals surface area contributed by atoms with Gasteiger partial charge in [-0.15, -0.1) is 11.3 Å². The van der Waals surface area contributed by atoms with Crippen LogP contribution < -0.4 is 15.6 Å². The van der Waals surface area contributed by atoms with Gasteiger partial charge in [-0.1, -0.05) is 12.5 Å². The Morgan fingerprint density at radius 3 is 3.06 bits per heavy atom. The summed E-state index contributed by atoms with van der Waals surface area (Å²) in [5.74, 6) is 1.19. The number of hydrogen-bond acceptors (Lipinski definition) is 6. The second kappa shape index (κ2) is 9.31. The summed E-state index contributed by atoms with van der Waals surface area (Å²) in [4.78, 5) is 31.9. The number of ether oxygens (including phenoxy) is 1. The van der Waals surface area contributed by atoms with Gasteiger partial charge in [0.25, 0.3) is 11.5 Å². The molecule has 0 bridgehead atoms. The van der Waals surface area contributed by atoms with Crippen molar-refractivity contribution in [2.24, 2.45) is 0 Å². The van der Waals surface area contributed by atoms with Crippen molar-refractivity contribution in [2.45, 2.75) is 52.0 Å². The molecule has 3 heterocycles. The zero-order valence-corrected chi connectivity index (χ0v) is 18.3. The number of amides is 1. The van der Waals surface area contributed by atoms with Crippen molar-refractivity contribution in [3.8, 4) is 11.8 Å². The molecule has 0 saturated heterocycles. The van der Waals surface area contributed by atoms with Gasteiger partial charge >= 0.3 is 0 Å². The summed E-state index contributed by atoms with van der Waals surface area (Å²) < 4.78 is 7.42. The molecular formula is C23H24N4O3S. The van der Waals surface area contributed by atoms with Crippen molar-refractivity contribution in [1.82, 2.24) is 9.55 Å². The van der Waals surface area contributed by atoms with Gasteiger partial charge in [-0.25, -0.2) is 4.98 Å². The molecule has 160 valence electrons. The minimum atomic E-state index is -0.262. The van der Waals surface area contributed by atoms with Crippen LogP contribution in [0.2, 0.25) is 0 Å². The van der Waals surface area contributed by atoms with E-state index in [1.807, 2.05) is 13.0 Å². The molecule has 0 spiro atoms. The fourth-order valence-corrected chi connectivity index (χ4v) is 4.90. The number of thiophene rings is 1. The maximum absolute atomic E-state index is 13.1. The first-order valence-electron chi connectivity index (χ1n) is 10.5. The molecular weight excluding hydrogens is 412 g/mol. The monoisotopic (exact) mass is 436 g/mol. The fraction of sp³-hybridized carbons (Fsp3) is 0.391. The lowest BCUT2D eigenvalue weighted by atomic mass is 10.2. The van der Waals surface area contributed by atoms with Gasteiger partial charge < -0.3 is 10.1 Å². The number of unbranched alkanes of at least 4 members (excludes halogenated alkanes) is 1. The van der Waals surface area contributed by atoms with Crippen LogP contribution >= 0.6 is 11.3 Å². The number of fused-ring (bicyclic) bond motifs is 2. The zero-order chi connectivity index (χ0) is 21.8. The van der Waals surface area contributed by atoms with Crippen LogP contribution in [0.3, 0.4) is 0 Å². The average molecular weight is 437 g/mol. The number of aryl methyl sites for hydroxylation is 2. The standard InChI is InChI=1S/C23H24N4O3S/c1-15-19-22(26-18-10-3-2-5-12-27(18)23(19)29)31-20(15)21(28)25-16-8-7-9-17(14-16)30-13-6-4-11-24/h7-9,14H,2-6,10,12-13H2,1H3,(H,25,28). The van der Waals surface area contributed by atoms with Gasteiger partial charge in [-0.05, 0) is 43.9 Å². The largest absolute Gasteiger partial charge is 0.493 e. The van der Waals surface area contributed by atoms with Crippen LogP contribution in [0.15, 0.2) is 29.1 Å². The van der Waals surface area contributed by atoms with Gasteiger partial charge in [0, 0.05) is 31.1 Å². The third-order valence-corrected chi connectivity index (χ3v) is 6.60. The molecule has 1 amide bonds. The quantitative estimate of drug-likeness (QED) is 0.577. The minimum Gasteiger partial charge on any atom is -0.493 e. The van der Waals surface area contributed by atoms with Crippen molar-refractivity contribution in [1.29, 1.82) is 5.26 Å². The summed E-state index contributed by atoms with van der Waals surface area (Å²) in [6.07, 6.45) is 5.00. The number of benzene rings is 1. The lowest BCUT2D eigenvalue weighted by molar-refractivity contribution is 0.103. The summed E-state index contributed by atoms with van der Waals surface area (Å²) in [5, 5.41) is 12.1. The number of anilines is 1. The molecule has 0 radical (unpaired) electrons. The van der Waals surface area contributed by atoms with Crippen LogP contribution in [0.1, 0.15) is 53.2 Å². The molecule has 1 N–H and O–H groups in total. The fourth-order valence-electron chi connectivity index (χ4n) is 3.82. The molecule has 0 saturated carbocycles. The van der Waals surface area contributed by atoms with Crippen molar-refractivity contribution in [3.05, 3.63) is 50.9 Å². The summed E-state index contributed by atoms with van der Waals surface area (Å²) >= 11 is 1.27. The molecule has 2 aromatic heterocycles. The van der Waals surface area contributed by atoms with E-state index >= 15 is 0 Å². The third-order valence-electron chi connectivity index (χ3n) is 5.41. The van der Waals surface area contributed by atoms with Gasteiger partial charge in [0.15, 0.2) is 0 Å². The van der Waals surface area contributed by atoms with Crippen LogP contribution in [0.25, 0.3) is 10.2 Å². The molecule has 3 aromatic rings. The molecule has 0 aliphatic carbocycles. The van der Waals surface area contributed by atoms with E-state index in [2.05, 4.69) is 11.4 Å². The normalized spacial score (nSPS) is 13.3. The Hall–Kier alpha value is -3.18. The van der Waals surface area contributed by atoms with Crippen molar-refractivity contribution < 1.29 is 9.53 Å². The van der Waals surface area contributed by atoms with Crippen molar-refractivity contribution in [3.63, 3.8) is 0 Å². The minimum absolute atomic E-state index is 0.0394. The summed E-state index contributed by atoms with van der Waals surface area (Å²) in [5.41, 5.74) is 1.25. The Labute approximate surface area is 184 Å². The molecule has 7 nitrogen and oxygen atoms in total. The number of carbonyl (C=O) groups excluding carboxylic acids is 1. The van der Waals surface area contributed by atoms with Gasteiger partial charge in [0.1, 0.15) is 16.4 Å². The van der Waals surface area contributed by atoms with Gasteiger partial charge in [0.05, 0.1) is 22.9 Å². The lowest BCUT2D eigenvalue weighted by Crippen LogP contribution is -2.24. The average Bonchev–Trinajstić information content (AvgIpc) is 2.93. The second-order valence-corrected chi connectivity index (χ2v) is 8.62. The first-order valence-corrected chi connectivity index (χ1v) is 11.3. The van der Waals surface area contributed by atoms with E-state index in [9.17, 15) is 9.59 Å². The number of nitrogens with zero attached hydrogens (tertiary/aromatic N) is 3. The van der Waals surface area contributed by atoms with Crippen LogP contribution in [0.5, 0.6) is 5.75 Å². The molecule has 31 heavy (non-hydrogen) atoms. The van der Waals surface area contributed by atoms with E-state index in [0.29, 0.717) is 58.1 Å². The molecule has 1 aromatic carbocycles. The first kappa shape index (κ1) is 21.1. The maximum Gasteiger partial charge on any atom is 0.266 e. The number of aromatic nitrogens is 2. The van der Waals surface area contributed by atoms with E-state index < -0.39 is 0 Å². The lowest BCUT2D eigenvalue weighted by Gasteiger charge is -2.09. The van der Waals surface area contributed by atoms with E-state index in [1.165, 1.54) is 11.3 Å². The van der Waals surface area contributed by atoms with Gasteiger partial charge in [-0.3, -0.25) is 14.2 Å². The number of nitrogens with one attached hydrogen (secondary N) is 1. The summed E-state index contributed by atoms with van der Waals surface area (Å²) in [6, 6.07) is 9.24. The Morgan fingerprint density at radius 1 is 1.35 bits per heavy atom. The summed E-state index contributed by atoms with van der Waals surface area (Å²) in [7, 11) is 0. The molecule has 1 aliphatic heterocycles. The number of rotatable bonds is 6. The van der Waals surface area contributed by atoms with Gasteiger partial charge in [0.2, 0.25) is 0 Å². The third kappa shape index (κ3) is 4.47. The maximum atomic E-state index is 13.1. The Kier molecular flexibility index (Phi) is 6.33. The van der Waals surface area contributed by atoms with Crippen molar-refractivity contribution in [2.75, 3.05) is 11.9 Å².